The van der Waals surface area contributed by atoms with E-state index in [4.69, 9.17) is 8.83 Å². The summed E-state index contributed by atoms with van der Waals surface area (Å²) in [4.78, 5) is 11.5. The van der Waals surface area contributed by atoms with Gasteiger partial charge in [0.1, 0.15) is 15.5 Å². The first-order valence-electron chi connectivity index (χ1n) is 7.33. The molecule has 26 heavy (non-hydrogen) atoms. The van der Waals surface area contributed by atoms with E-state index in [0.717, 1.165) is 11.3 Å². The molecule has 0 fully saturated rings. The van der Waals surface area contributed by atoms with Gasteiger partial charge in [0.2, 0.25) is 10.0 Å². The van der Waals surface area contributed by atoms with Gasteiger partial charge in [-0.15, -0.1) is 11.3 Å². The summed E-state index contributed by atoms with van der Waals surface area (Å²) in [5, 5.41) is 12.5. The van der Waals surface area contributed by atoms with E-state index >= 15 is 0 Å². The van der Waals surface area contributed by atoms with Gasteiger partial charge in [0.25, 0.3) is 0 Å². The van der Waals surface area contributed by atoms with Crippen LogP contribution in [0.15, 0.2) is 62.2 Å². The quantitative estimate of drug-likeness (QED) is 0.585. The third-order valence-electron chi connectivity index (χ3n) is 3.73. The molecule has 3 rings (SSSR count). The molecule has 2 N–H and O–H groups in total. The van der Waals surface area contributed by atoms with Crippen LogP contribution in [0.25, 0.3) is 0 Å². The lowest BCUT2D eigenvalue weighted by molar-refractivity contribution is 0.0602. The van der Waals surface area contributed by atoms with Crippen LogP contribution >= 0.6 is 11.3 Å². The number of sulfonamides is 1. The van der Waals surface area contributed by atoms with Crippen LogP contribution in [-0.4, -0.2) is 33.1 Å². The first kappa shape index (κ1) is 18.4. The van der Waals surface area contributed by atoms with E-state index in [-0.39, 0.29) is 15.5 Å². The number of esters is 1. The van der Waals surface area contributed by atoms with Crippen molar-refractivity contribution >= 4 is 27.3 Å². The average Bonchev–Trinajstić information content (AvgIpc) is 3.39. The van der Waals surface area contributed by atoms with Crippen LogP contribution in [0.5, 0.6) is 0 Å². The van der Waals surface area contributed by atoms with E-state index in [1.807, 2.05) is 0 Å². The maximum absolute atomic E-state index is 12.6. The molecule has 10 heteroatoms. The Morgan fingerprint density at radius 3 is 2.77 bits per heavy atom. The monoisotopic (exact) mass is 397 g/mol. The molecular formula is C16H15NO7S2. The molecular weight excluding hydrogens is 382 g/mol. The molecule has 0 aromatic carbocycles. The van der Waals surface area contributed by atoms with E-state index in [2.05, 4.69) is 9.46 Å². The van der Waals surface area contributed by atoms with Gasteiger partial charge >= 0.3 is 5.97 Å². The molecule has 3 aromatic heterocycles. The minimum absolute atomic E-state index is 0.0511. The van der Waals surface area contributed by atoms with Crippen LogP contribution < -0.4 is 4.72 Å². The third kappa shape index (κ3) is 3.31. The number of thiophene rings is 1. The van der Waals surface area contributed by atoms with Crippen LogP contribution in [0, 0.1) is 0 Å². The highest BCUT2D eigenvalue weighted by atomic mass is 32.2. The molecule has 138 valence electrons. The van der Waals surface area contributed by atoms with E-state index in [1.54, 1.807) is 6.07 Å². The Labute approximate surface area is 153 Å². The predicted octanol–water partition coefficient (Wildman–Crippen LogP) is 1.94. The minimum atomic E-state index is -4.09. The lowest BCUT2D eigenvalue weighted by atomic mass is 9.94. The van der Waals surface area contributed by atoms with Crippen molar-refractivity contribution in [3.63, 3.8) is 0 Å². The maximum atomic E-state index is 12.6. The zero-order valence-electron chi connectivity index (χ0n) is 13.5. The van der Waals surface area contributed by atoms with Gasteiger partial charge in [-0.1, -0.05) is 0 Å². The van der Waals surface area contributed by atoms with Crippen molar-refractivity contribution in [3.05, 3.63) is 64.6 Å². The second kappa shape index (κ2) is 7.08. The summed E-state index contributed by atoms with van der Waals surface area (Å²) in [7, 11) is -2.92. The number of ether oxygens (including phenoxy) is 1. The number of aliphatic hydroxyl groups is 1. The summed E-state index contributed by atoms with van der Waals surface area (Å²) >= 11 is 0.948. The minimum Gasteiger partial charge on any atom is -0.472 e. The van der Waals surface area contributed by atoms with Gasteiger partial charge in [-0.2, -0.15) is 0 Å². The molecule has 0 saturated carbocycles. The molecule has 1 atom stereocenters. The van der Waals surface area contributed by atoms with E-state index in [0.29, 0.717) is 5.56 Å². The molecule has 0 radical (unpaired) electrons. The van der Waals surface area contributed by atoms with Crippen molar-refractivity contribution in [2.75, 3.05) is 13.7 Å². The summed E-state index contributed by atoms with van der Waals surface area (Å²) in [5.41, 5.74) is -1.47. The van der Waals surface area contributed by atoms with Crippen LogP contribution in [0.4, 0.5) is 0 Å². The Morgan fingerprint density at radius 2 is 2.15 bits per heavy atom. The van der Waals surface area contributed by atoms with E-state index in [1.165, 1.54) is 49.5 Å². The number of hydrogen-bond donors (Lipinski definition) is 2. The van der Waals surface area contributed by atoms with Crippen LogP contribution in [0.1, 0.15) is 21.0 Å². The Hall–Kier alpha value is -2.40. The van der Waals surface area contributed by atoms with Gasteiger partial charge < -0.3 is 18.7 Å². The number of methoxy groups -OCH3 is 1. The summed E-state index contributed by atoms with van der Waals surface area (Å²) in [6.45, 7) is -0.432. The summed E-state index contributed by atoms with van der Waals surface area (Å²) in [5.74, 6) is -0.614. The smallest absolute Gasteiger partial charge is 0.349 e. The lowest BCUT2D eigenvalue weighted by Gasteiger charge is -2.25. The van der Waals surface area contributed by atoms with Crippen molar-refractivity contribution in [1.29, 1.82) is 0 Å². The second-order valence-electron chi connectivity index (χ2n) is 5.28. The fourth-order valence-electron chi connectivity index (χ4n) is 2.37. The Kier molecular flexibility index (Phi) is 5.01. The number of furan rings is 2. The lowest BCUT2D eigenvalue weighted by Crippen LogP contribution is -2.41. The molecule has 0 aliphatic heterocycles. The number of nitrogens with one attached hydrogen (secondary N) is 1. The SMILES string of the molecule is COC(=O)c1sccc1S(=O)(=O)NCC(O)(c1ccoc1)c1ccco1. The topological polar surface area (TPSA) is 119 Å². The van der Waals surface area contributed by atoms with E-state index < -0.39 is 28.1 Å². The van der Waals surface area contributed by atoms with Gasteiger partial charge in [-0.25, -0.2) is 17.9 Å². The first-order chi connectivity index (χ1) is 12.4. The highest BCUT2D eigenvalue weighted by molar-refractivity contribution is 7.89. The second-order valence-corrected chi connectivity index (χ2v) is 7.93. The molecule has 3 heterocycles. The van der Waals surface area contributed by atoms with Crippen molar-refractivity contribution in [1.82, 2.24) is 4.72 Å². The Bertz CT molecular complexity index is 938. The van der Waals surface area contributed by atoms with E-state index in [9.17, 15) is 18.3 Å². The molecule has 3 aromatic rings. The molecule has 0 saturated heterocycles. The molecule has 0 bridgehead atoms. The number of hydrogen-bond acceptors (Lipinski definition) is 8. The maximum Gasteiger partial charge on any atom is 0.349 e. The van der Waals surface area contributed by atoms with Gasteiger partial charge in [0.05, 0.1) is 32.4 Å². The first-order valence-corrected chi connectivity index (χ1v) is 9.69. The largest absolute Gasteiger partial charge is 0.472 e. The molecule has 0 aliphatic rings. The summed E-state index contributed by atoms with van der Waals surface area (Å²) in [6, 6.07) is 5.89. The predicted molar refractivity (Wildman–Crippen MR) is 91.3 cm³/mol. The molecule has 0 spiro atoms. The van der Waals surface area contributed by atoms with Gasteiger partial charge in [0.15, 0.2) is 5.60 Å². The molecule has 8 nitrogen and oxygen atoms in total. The third-order valence-corrected chi connectivity index (χ3v) is 6.20. The highest BCUT2D eigenvalue weighted by Crippen LogP contribution is 2.31. The summed E-state index contributed by atoms with van der Waals surface area (Å²) < 4.78 is 42.4. The molecule has 0 aliphatic carbocycles. The fourth-order valence-corrected chi connectivity index (χ4v) is 4.77. The fraction of sp³-hybridized carbons (Fsp3) is 0.188. The molecule has 1 unspecified atom stereocenters. The zero-order chi connectivity index (χ0) is 18.8. The van der Waals surface area contributed by atoms with Crippen molar-refractivity contribution < 1.29 is 31.9 Å². The number of carbonyl (C=O) groups excluding carboxylic acids is 1. The highest BCUT2D eigenvalue weighted by Gasteiger charge is 2.37. The summed E-state index contributed by atoms with van der Waals surface area (Å²) in [6.07, 6.45) is 4.01. The van der Waals surface area contributed by atoms with Gasteiger partial charge in [-0.3, -0.25) is 0 Å². The zero-order valence-corrected chi connectivity index (χ0v) is 15.2. The molecule has 0 amide bonds. The average molecular weight is 397 g/mol. The Balaban J connectivity index is 1.91. The van der Waals surface area contributed by atoms with Crippen molar-refractivity contribution in [2.45, 2.75) is 10.5 Å². The van der Waals surface area contributed by atoms with Gasteiger partial charge in [0, 0.05) is 5.56 Å². The Morgan fingerprint density at radius 1 is 1.35 bits per heavy atom. The normalized spacial score (nSPS) is 14.1. The van der Waals surface area contributed by atoms with Crippen molar-refractivity contribution in [3.8, 4) is 0 Å². The van der Waals surface area contributed by atoms with Gasteiger partial charge in [-0.05, 0) is 29.6 Å². The standard InChI is InChI=1S/C16H15NO7S2/c1-22-15(18)14-12(5-8-25-14)26(20,21)17-10-16(19,11-4-7-23-9-11)13-3-2-6-24-13/h2-9,17,19H,10H2,1H3. The van der Waals surface area contributed by atoms with Crippen LogP contribution in [0.2, 0.25) is 0 Å². The number of carbonyl (C=O) groups is 1. The van der Waals surface area contributed by atoms with Crippen molar-refractivity contribution in [2.24, 2.45) is 0 Å². The van der Waals surface area contributed by atoms with Crippen LogP contribution in [0.3, 0.4) is 0 Å². The van der Waals surface area contributed by atoms with Crippen LogP contribution in [-0.2, 0) is 20.4 Å². The number of rotatable bonds is 7.